The fraction of sp³-hybridized carbons (Fsp3) is 0.391. The van der Waals surface area contributed by atoms with Crippen molar-refractivity contribution in [1.29, 1.82) is 0 Å². The molecule has 0 spiro atoms. The molecule has 2 N–H and O–H groups in total. The second-order valence-corrected chi connectivity index (χ2v) is 8.74. The molecule has 0 saturated heterocycles. The van der Waals surface area contributed by atoms with E-state index in [1.54, 1.807) is 13.8 Å². The minimum atomic E-state index is -0.565. The molecule has 0 saturated carbocycles. The van der Waals surface area contributed by atoms with Crippen molar-refractivity contribution in [1.82, 2.24) is 0 Å². The predicted molar refractivity (Wildman–Crippen MR) is 130 cm³/mol. The minimum absolute atomic E-state index is 0.189. The van der Waals surface area contributed by atoms with Gasteiger partial charge in [-0.25, -0.2) is 14.4 Å². The summed E-state index contributed by atoms with van der Waals surface area (Å²) in [6, 6.07) is 4.49. The number of esters is 3. The third kappa shape index (κ3) is 5.88. The molecule has 33 heavy (non-hydrogen) atoms. The van der Waals surface area contributed by atoms with Crippen molar-refractivity contribution in [3.05, 3.63) is 45.3 Å². The Hall–Kier alpha value is -2.98. The number of thiocarbonyl (C=S) groups is 1. The predicted octanol–water partition coefficient (Wildman–Crippen LogP) is 4.58. The molecule has 0 fully saturated rings. The van der Waals surface area contributed by atoms with E-state index in [0.29, 0.717) is 16.3 Å². The largest absolute Gasteiger partial charge is 0.465 e. The number of hydrogen-bond donors (Lipinski definition) is 2. The van der Waals surface area contributed by atoms with E-state index in [1.165, 1.54) is 36.6 Å². The summed E-state index contributed by atoms with van der Waals surface area (Å²) in [5.41, 5.74) is 2.30. The molecule has 2 aromatic rings. The molecule has 1 aliphatic carbocycles. The van der Waals surface area contributed by atoms with E-state index >= 15 is 0 Å². The van der Waals surface area contributed by atoms with E-state index in [2.05, 4.69) is 10.6 Å². The Bertz CT molecular complexity index is 1040. The summed E-state index contributed by atoms with van der Waals surface area (Å²) in [6.45, 7) is 3.80. The molecule has 1 aliphatic rings. The topological polar surface area (TPSA) is 103 Å². The molecule has 0 unspecified atom stereocenters. The Kier molecular flexibility index (Phi) is 8.40. The van der Waals surface area contributed by atoms with Gasteiger partial charge in [0.2, 0.25) is 0 Å². The third-order valence-electron chi connectivity index (χ3n) is 5.00. The van der Waals surface area contributed by atoms with Crippen LogP contribution in [0.1, 0.15) is 68.2 Å². The van der Waals surface area contributed by atoms with Crippen molar-refractivity contribution < 1.29 is 28.6 Å². The maximum absolute atomic E-state index is 12.4. The summed E-state index contributed by atoms with van der Waals surface area (Å²) < 4.78 is 15.1. The van der Waals surface area contributed by atoms with Crippen molar-refractivity contribution in [2.45, 2.75) is 39.5 Å². The van der Waals surface area contributed by atoms with Crippen molar-refractivity contribution in [2.24, 2.45) is 0 Å². The summed E-state index contributed by atoms with van der Waals surface area (Å²) in [7, 11) is 1.35. The lowest BCUT2D eigenvalue weighted by molar-refractivity contribution is 0.0523. The van der Waals surface area contributed by atoms with Gasteiger partial charge in [0.1, 0.15) is 5.00 Å². The minimum Gasteiger partial charge on any atom is -0.465 e. The lowest BCUT2D eigenvalue weighted by Crippen LogP contribution is -2.21. The summed E-state index contributed by atoms with van der Waals surface area (Å²) in [5.74, 6) is -1.54. The molecule has 1 aromatic heterocycles. The first-order valence-electron chi connectivity index (χ1n) is 10.7. The number of fused-ring (bicyclic) bond motifs is 1. The number of ether oxygens (including phenoxy) is 3. The van der Waals surface area contributed by atoms with E-state index in [-0.39, 0.29) is 29.5 Å². The van der Waals surface area contributed by atoms with Crippen LogP contribution in [0.5, 0.6) is 0 Å². The Morgan fingerprint density at radius 2 is 1.55 bits per heavy atom. The number of anilines is 2. The number of methoxy groups -OCH3 is 1. The van der Waals surface area contributed by atoms with Crippen LogP contribution in [0.4, 0.5) is 10.7 Å². The fourth-order valence-electron chi connectivity index (χ4n) is 3.60. The second-order valence-electron chi connectivity index (χ2n) is 7.23. The van der Waals surface area contributed by atoms with E-state index in [1.807, 2.05) is 0 Å². The number of carbonyl (C=O) groups is 3. The molecule has 0 bridgehead atoms. The normalized spacial score (nSPS) is 12.3. The SMILES string of the molecule is CCOC(=O)c1cc(NC(=S)Nc2sc3c(c2C(=O)OC)CCCC3)cc(C(=O)OCC)c1. The molecule has 10 heteroatoms. The molecule has 176 valence electrons. The monoisotopic (exact) mass is 490 g/mol. The molecule has 0 atom stereocenters. The average Bonchev–Trinajstić information content (AvgIpc) is 3.16. The molecule has 0 amide bonds. The van der Waals surface area contributed by atoms with E-state index in [9.17, 15) is 14.4 Å². The van der Waals surface area contributed by atoms with Gasteiger partial charge in [0.05, 0.1) is 37.0 Å². The molecule has 1 heterocycles. The number of hydrogen-bond acceptors (Lipinski definition) is 8. The fourth-order valence-corrected chi connectivity index (χ4v) is 5.17. The van der Waals surface area contributed by atoms with Crippen molar-refractivity contribution >= 4 is 57.3 Å². The zero-order chi connectivity index (χ0) is 24.0. The second kappa shape index (κ2) is 11.2. The van der Waals surface area contributed by atoms with Crippen molar-refractivity contribution in [2.75, 3.05) is 31.0 Å². The van der Waals surface area contributed by atoms with Crippen LogP contribution in [0, 0.1) is 0 Å². The van der Waals surface area contributed by atoms with Crippen LogP contribution >= 0.6 is 23.6 Å². The first-order valence-corrected chi connectivity index (χ1v) is 11.9. The Balaban J connectivity index is 1.87. The zero-order valence-corrected chi connectivity index (χ0v) is 20.4. The molecule has 3 rings (SSSR count). The molecular weight excluding hydrogens is 464 g/mol. The van der Waals surface area contributed by atoms with Gasteiger partial charge in [0.15, 0.2) is 5.11 Å². The highest BCUT2D eigenvalue weighted by Crippen LogP contribution is 2.38. The van der Waals surface area contributed by atoms with Gasteiger partial charge in [0, 0.05) is 10.6 Å². The summed E-state index contributed by atoms with van der Waals surface area (Å²) in [4.78, 5) is 38.1. The smallest absolute Gasteiger partial charge is 0.341 e. The van der Waals surface area contributed by atoms with E-state index in [4.69, 9.17) is 26.4 Å². The highest BCUT2D eigenvalue weighted by atomic mass is 32.1. The van der Waals surface area contributed by atoms with Crippen LogP contribution < -0.4 is 10.6 Å². The molecule has 8 nitrogen and oxygen atoms in total. The van der Waals surface area contributed by atoms with Gasteiger partial charge in [-0.05, 0) is 75.5 Å². The number of benzene rings is 1. The lowest BCUT2D eigenvalue weighted by atomic mass is 9.95. The van der Waals surface area contributed by atoms with Gasteiger partial charge in [-0.3, -0.25) is 0 Å². The third-order valence-corrected chi connectivity index (χ3v) is 6.41. The number of aryl methyl sites for hydroxylation is 1. The summed E-state index contributed by atoms with van der Waals surface area (Å²) in [6.07, 6.45) is 3.83. The average molecular weight is 491 g/mol. The van der Waals surface area contributed by atoms with Gasteiger partial charge in [-0.1, -0.05) is 0 Å². The summed E-state index contributed by atoms with van der Waals surface area (Å²) in [5, 5.41) is 6.89. The number of thiophene rings is 1. The molecule has 0 radical (unpaired) electrons. The van der Waals surface area contributed by atoms with Crippen LogP contribution in [0.25, 0.3) is 0 Å². The van der Waals surface area contributed by atoms with Crippen LogP contribution in [0.15, 0.2) is 18.2 Å². The first kappa shape index (κ1) is 24.7. The first-order chi connectivity index (χ1) is 15.9. The quantitative estimate of drug-likeness (QED) is 0.328. The van der Waals surface area contributed by atoms with Crippen LogP contribution in [0.2, 0.25) is 0 Å². The Labute approximate surface area is 201 Å². The van der Waals surface area contributed by atoms with Gasteiger partial charge in [-0.2, -0.15) is 0 Å². The van der Waals surface area contributed by atoms with E-state index in [0.717, 1.165) is 36.1 Å². The maximum atomic E-state index is 12.4. The van der Waals surface area contributed by atoms with Gasteiger partial charge in [-0.15, -0.1) is 11.3 Å². The zero-order valence-electron chi connectivity index (χ0n) is 18.7. The Morgan fingerprint density at radius 3 is 2.12 bits per heavy atom. The van der Waals surface area contributed by atoms with Crippen LogP contribution in [-0.4, -0.2) is 43.3 Å². The number of carbonyl (C=O) groups excluding carboxylic acids is 3. The molecule has 0 aliphatic heterocycles. The highest BCUT2D eigenvalue weighted by Gasteiger charge is 2.26. The van der Waals surface area contributed by atoms with Gasteiger partial charge >= 0.3 is 17.9 Å². The van der Waals surface area contributed by atoms with Crippen molar-refractivity contribution in [3.8, 4) is 0 Å². The van der Waals surface area contributed by atoms with Gasteiger partial charge in [0.25, 0.3) is 0 Å². The number of rotatable bonds is 7. The summed E-state index contributed by atoms with van der Waals surface area (Å²) >= 11 is 6.95. The molecular formula is C23H26N2O6S2. The van der Waals surface area contributed by atoms with Crippen molar-refractivity contribution in [3.63, 3.8) is 0 Å². The molecule has 1 aromatic carbocycles. The van der Waals surface area contributed by atoms with E-state index < -0.39 is 17.9 Å². The highest BCUT2D eigenvalue weighted by molar-refractivity contribution is 7.80. The standard InChI is InChI=1S/C23H26N2O6S2/c1-4-30-20(26)13-10-14(21(27)31-5-2)12-15(11-13)24-23(32)25-19-18(22(28)29-3)16-8-6-7-9-17(16)33-19/h10-12H,4-9H2,1-3H3,(H2,24,25,32). The van der Waals surface area contributed by atoms with Crippen LogP contribution in [-0.2, 0) is 27.1 Å². The number of nitrogens with one attached hydrogen (secondary N) is 2. The lowest BCUT2D eigenvalue weighted by Gasteiger charge is -2.14. The van der Waals surface area contributed by atoms with Crippen LogP contribution in [0.3, 0.4) is 0 Å². The Morgan fingerprint density at radius 1 is 0.939 bits per heavy atom. The van der Waals surface area contributed by atoms with Gasteiger partial charge < -0.3 is 24.8 Å². The maximum Gasteiger partial charge on any atom is 0.341 e.